The topological polar surface area (TPSA) is 15.3 Å². The molecule has 0 bridgehead atoms. The lowest BCUT2D eigenvalue weighted by Crippen LogP contribution is -2.45. The number of hydrogen-bond acceptors (Lipinski definition) is 3. The number of nitrogens with one attached hydrogen (secondary N) is 1. The Hall–Kier alpha value is -0.980. The van der Waals surface area contributed by atoms with Crippen molar-refractivity contribution in [3.63, 3.8) is 0 Å². The zero-order valence-corrected chi connectivity index (χ0v) is 14.6. The minimum absolute atomic E-state index is 0.00495. The Morgan fingerprint density at radius 3 is 2.58 bits per heavy atom. The summed E-state index contributed by atoms with van der Waals surface area (Å²) in [5.74, 6) is 0. The van der Waals surface area contributed by atoms with Crippen molar-refractivity contribution in [2.45, 2.75) is 42.1 Å². The lowest BCUT2D eigenvalue weighted by molar-refractivity contribution is -0.0328. The number of alkyl halides is 3. The van der Waals surface area contributed by atoms with Gasteiger partial charge in [0, 0.05) is 37.1 Å². The molecule has 1 heterocycles. The van der Waals surface area contributed by atoms with Crippen LogP contribution in [0.4, 0.5) is 13.2 Å². The van der Waals surface area contributed by atoms with E-state index in [4.69, 9.17) is 0 Å². The Morgan fingerprint density at radius 1 is 1.21 bits per heavy atom. The predicted octanol–water partition coefficient (Wildman–Crippen LogP) is 4.99. The first-order valence-corrected chi connectivity index (χ1v) is 9.23. The van der Waals surface area contributed by atoms with Crippen LogP contribution in [-0.2, 0) is 0 Å². The van der Waals surface area contributed by atoms with Crippen molar-refractivity contribution in [3.8, 4) is 0 Å². The third-order valence-electron chi connectivity index (χ3n) is 4.23. The summed E-state index contributed by atoms with van der Waals surface area (Å²) in [6, 6.07) is 7.02. The molecule has 2 nitrogen and oxygen atoms in total. The second-order valence-electron chi connectivity index (χ2n) is 5.96. The van der Waals surface area contributed by atoms with E-state index in [1.54, 1.807) is 12.1 Å². The van der Waals surface area contributed by atoms with Gasteiger partial charge in [-0.15, -0.1) is 6.58 Å². The van der Waals surface area contributed by atoms with Crippen LogP contribution in [0, 0.1) is 0 Å². The number of benzene rings is 1. The smallest absolute Gasteiger partial charge is 0.314 e. The third kappa shape index (κ3) is 6.15. The molecular formula is C18H25F3N2S. The zero-order chi connectivity index (χ0) is 17.4. The molecule has 6 heteroatoms. The number of piperazine rings is 1. The number of thioether (sulfide) groups is 1. The molecule has 0 aromatic heterocycles. The van der Waals surface area contributed by atoms with Crippen LogP contribution in [-0.4, -0.2) is 36.6 Å². The fourth-order valence-electron chi connectivity index (χ4n) is 3.13. The van der Waals surface area contributed by atoms with Crippen molar-refractivity contribution in [3.05, 3.63) is 42.5 Å². The molecule has 0 unspecified atom stereocenters. The van der Waals surface area contributed by atoms with Crippen molar-refractivity contribution >= 4 is 11.8 Å². The average Bonchev–Trinajstić information content (AvgIpc) is 2.55. The Morgan fingerprint density at radius 2 is 1.92 bits per heavy atom. The van der Waals surface area contributed by atoms with Gasteiger partial charge in [-0.25, -0.2) is 0 Å². The fraction of sp³-hybridized carbons (Fsp3) is 0.556. The monoisotopic (exact) mass is 358 g/mol. The second-order valence-corrected chi connectivity index (χ2v) is 7.07. The van der Waals surface area contributed by atoms with E-state index in [2.05, 4.69) is 16.8 Å². The van der Waals surface area contributed by atoms with Crippen molar-refractivity contribution in [1.82, 2.24) is 10.2 Å². The van der Waals surface area contributed by atoms with Gasteiger partial charge in [0.25, 0.3) is 0 Å². The Balaban J connectivity index is 2.19. The molecule has 1 aromatic rings. The highest BCUT2D eigenvalue weighted by molar-refractivity contribution is 8.00. The van der Waals surface area contributed by atoms with Crippen LogP contribution in [0.5, 0.6) is 0 Å². The van der Waals surface area contributed by atoms with Crippen LogP contribution in [0.3, 0.4) is 0 Å². The maximum atomic E-state index is 12.9. The van der Waals surface area contributed by atoms with Crippen molar-refractivity contribution in [1.29, 1.82) is 0 Å². The van der Waals surface area contributed by atoms with E-state index < -0.39 is 5.51 Å². The van der Waals surface area contributed by atoms with Gasteiger partial charge >= 0.3 is 5.51 Å². The summed E-state index contributed by atoms with van der Waals surface area (Å²) in [4.78, 5) is 2.65. The third-order valence-corrected chi connectivity index (χ3v) is 5.06. The van der Waals surface area contributed by atoms with Crippen molar-refractivity contribution in [2.75, 3.05) is 26.2 Å². The SMILES string of the molecule is C=CCCCC[C@H](c1ccccc1SC(F)(F)F)N1CCNCC1. The molecular weight excluding hydrogens is 333 g/mol. The molecule has 0 spiro atoms. The summed E-state index contributed by atoms with van der Waals surface area (Å²) in [6.45, 7) is 7.25. The number of nitrogens with zero attached hydrogens (tertiary/aromatic N) is 1. The first-order valence-electron chi connectivity index (χ1n) is 8.41. The molecule has 1 N–H and O–H groups in total. The molecule has 0 radical (unpaired) electrons. The van der Waals surface area contributed by atoms with Gasteiger partial charge in [0.1, 0.15) is 0 Å². The van der Waals surface area contributed by atoms with E-state index in [-0.39, 0.29) is 17.8 Å². The first-order chi connectivity index (χ1) is 11.5. The maximum Gasteiger partial charge on any atom is 0.446 e. The zero-order valence-electron chi connectivity index (χ0n) is 13.8. The van der Waals surface area contributed by atoms with Crippen LogP contribution >= 0.6 is 11.8 Å². The van der Waals surface area contributed by atoms with Crippen molar-refractivity contribution in [2.24, 2.45) is 0 Å². The number of halogens is 3. The molecule has 24 heavy (non-hydrogen) atoms. The number of unbranched alkanes of at least 4 members (excludes halogenated alkanes) is 2. The molecule has 1 fully saturated rings. The molecule has 1 atom stereocenters. The van der Waals surface area contributed by atoms with Gasteiger partial charge in [-0.3, -0.25) is 4.90 Å². The van der Waals surface area contributed by atoms with E-state index in [1.165, 1.54) is 0 Å². The number of rotatable bonds is 8. The lowest BCUT2D eigenvalue weighted by Gasteiger charge is -2.36. The van der Waals surface area contributed by atoms with Gasteiger partial charge in [0.05, 0.1) is 0 Å². The summed E-state index contributed by atoms with van der Waals surface area (Å²) < 4.78 is 38.7. The van der Waals surface area contributed by atoms with Gasteiger partial charge < -0.3 is 5.32 Å². The van der Waals surface area contributed by atoms with E-state index >= 15 is 0 Å². The highest BCUT2D eigenvalue weighted by Crippen LogP contribution is 2.42. The van der Waals surface area contributed by atoms with Crippen LogP contribution in [0.25, 0.3) is 0 Å². The standard InChI is InChI=1S/C18H25F3N2S/c1-2-3-4-5-9-16(23-13-11-22-12-14-23)15-8-6-7-10-17(15)24-18(19,20)21/h2,6-8,10,16,22H,1,3-5,9,11-14H2/t16-/m1/s1. The lowest BCUT2D eigenvalue weighted by atomic mass is 9.98. The molecule has 134 valence electrons. The van der Waals surface area contributed by atoms with Crippen LogP contribution in [0.15, 0.2) is 41.8 Å². The van der Waals surface area contributed by atoms with Gasteiger partial charge in [0.2, 0.25) is 0 Å². The Labute approximate surface area is 146 Å². The largest absolute Gasteiger partial charge is 0.446 e. The molecule has 1 aromatic carbocycles. The summed E-state index contributed by atoms with van der Waals surface area (Å²) in [5.41, 5.74) is -3.45. The van der Waals surface area contributed by atoms with Gasteiger partial charge in [0.15, 0.2) is 0 Å². The second kappa shape index (κ2) is 9.49. The molecule has 0 aliphatic carbocycles. The van der Waals surface area contributed by atoms with E-state index in [1.807, 2.05) is 18.2 Å². The molecule has 2 rings (SSSR count). The Bertz CT molecular complexity index is 513. The van der Waals surface area contributed by atoms with Crippen LogP contribution in [0.2, 0.25) is 0 Å². The van der Waals surface area contributed by atoms with Crippen LogP contribution < -0.4 is 5.32 Å². The normalized spacial score (nSPS) is 17.6. The Kier molecular flexibility index (Phi) is 7.65. The van der Waals surface area contributed by atoms with E-state index in [0.29, 0.717) is 4.90 Å². The summed E-state index contributed by atoms with van der Waals surface area (Å²) in [7, 11) is 0. The van der Waals surface area contributed by atoms with E-state index in [9.17, 15) is 13.2 Å². The minimum Gasteiger partial charge on any atom is -0.314 e. The summed E-state index contributed by atoms with van der Waals surface area (Å²) in [6.07, 6.45) is 5.75. The number of hydrogen-bond donors (Lipinski definition) is 1. The highest BCUT2D eigenvalue weighted by Gasteiger charge is 2.32. The summed E-state index contributed by atoms with van der Waals surface area (Å²) >= 11 is 0.00495. The van der Waals surface area contributed by atoms with E-state index in [0.717, 1.165) is 57.4 Å². The molecule has 1 saturated heterocycles. The van der Waals surface area contributed by atoms with Crippen molar-refractivity contribution < 1.29 is 13.2 Å². The quantitative estimate of drug-likeness (QED) is 0.400. The number of allylic oxidation sites excluding steroid dienone is 1. The minimum atomic E-state index is -4.26. The van der Waals surface area contributed by atoms with Crippen LogP contribution in [0.1, 0.15) is 37.3 Å². The molecule has 1 aliphatic heterocycles. The highest BCUT2D eigenvalue weighted by atomic mass is 32.2. The summed E-state index contributed by atoms with van der Waals surface area (Å²) in [5, 5.41) is 3.31. The first kappa shape index (κ1) is 19.3. The van der Waals surface area contributed by atoms with Gasteiger partial charge in [-0.1, -0.05) is 30.7 Å². The van der Waals surface area contributed by atoms with Gasteiger partial charge in [-0.2, -0.15) is 13.2 Å². The fourth-order valence-corrected chi connectivity index (χ4v) is 3.85. The maximum absolute atomic E-state index is 12.9. The molecule has 0 saturated carbocycles. The predicted molar refractivity (Wildman–Crippen MR) is 94.2 cm³/mol. The van der Waals surface area contributed by atoms with Gasteiger partial charge in [-0.05, 0) is 42.7 Å². The molecule has 0 amide bonds. The molecule has 1 aliphatic rings. The average molecular weight is 358 g/mol.